The highest BCUT2D eigenvalue weighted by Crippen LogP contribution is 2.41. The SMILES string of the molecule is O=C(O)C(C(=O)O)(c1ccccc1)C1CCCCC1. The van der Waals surface area contributed by atoms with E-state index in [4.69, 9.17) is 0 Å². The first-order valence-corrected chi connectivity index (χ1v) is 6.62. The molecular formula is C15H18O4. The molecule has 1 aromatic rings. The molecule has 1 fully saturated rings. The molecule has 1 aliphatic carbocycles. The standard InChI is InChI=1S/C15H18O4/c16-13(17)15(14(18)19,11-7-3-1-4-8-11)12-9-5-2-6-10-12/h1,3-4,7-8,12H,2,5-6,9-10H2,(H,16,17)(H,18,19). The summed E-state index contributed by atoms with van der Waals surface area (Å²) in [5.41, 5.74) is -1.43. The van der Waals surface area contributed by atoms with Crippen LogP contribution in [0.3, 0.4) is 0 Å². The topological polar surface area (TPSA) is 74.6 Å². The molecule has 0 atom stereocenters. The van der Waals surface area contributed by atoms with Crippen molar-refractivity contribution < 1.29 is 19.8 Å². The van der Waals surface area contributed by atoms with E-state index < -0.39 is 17.4 Å². The van der Waals surface area contributed by atoms with Crippen molar-refractivity contribution in [3.8, 4) is 0 Å². The molecule has 1 saturated carbocycles. The molecule has 2 N–H and O–H groups in total. The Kier molecular flexibility index (Phi) is 3.88. The second kappa shape index (κ2) is 5.43. The molecule has 102 valence electrons. The third kappa shape index (κ3) is 2.23. The molecule has 4 heteroatoms. The molecule has 0 bridgehead atoms. The molecule has 0 heterocycles. The highest BCUT2D eigenvalue weighted by Gasteiger charge is 2.54. The highest BCUT2D eigenvalue weighted by atomic mass is 16.4. The van der Waals surface area contributed by atoms with E-state index in [0.717, 1.165) is 19.3 Å². The molecule has 0 aliphatic heterocycles. The average molecular weight is 262 g/mol. The minimum absolute atomic E-state index is 0.335. The molecule has 0 aromatic heterocycles. The van der Waals surface area contributed by atoms with Crippen LogP contribution in [0.4, 0.5) is 0 Å². The van der Waals surface area contributed by atoms with E-state index in [9.17, 15) is 19.8 Å². The zero-order chi connectivity index (χ0) is 13.9. The maximum absolute atomic E-state index is 11.8. The second-order valence-electron chi connectivity index (χ2n) is 5.12. The third-order valence-corrected chi connectivity index (χ3v) is 4.12. The summed E-state index contributed by atoms with van der Waals surface area (Å²) in [5.74, 6) is -2.84. The molecule has 0 unspecified atom stereocenters. The quantitative estimate of drug-likeness (QED) is 0.818. The van der Waals surface area contributed by atoms with Crippen LogP contribution in [0.25, 0.3) is 0 Å². The number of carboxylic acid groups (broad SMARTS) is 2. The number of carboxylic acids is 2. The zero-order valence-corrected chi connectivity index (χ0v) is 10.7. The predicted octanol–water partition coefficient (Wildman–Crippen LogP) is 2.67. The Labute approximate surface area is 112 Å². The lowest BCUT2D eigenvalue weighted by atomic mass is 9.65. The summed E-state index contributed by atoms with van der Waals surface area (Å²) in [6, 6.07) is 8.37. The van der Waals surface area contributed by atoms with Gasteiger partial charge in [-0.25, -0.2) is 0 Å². The Hall–Kier alpha value is -1.84. The molecule has 19 heavy (non-hydrogen) atoms. The lowest BCUT2D eigenvalue weighted by molar-refractivity contribution is -0.161. The maximum atomic E-state index is 11.8. The fraction of sp³-hybridized carbons (Fsp3) is 0.467. The van der Waals surface area contributed by atoms with Crippen LogP contribution in [0.5, 0.6) is 0 Å². The van der Waals surface area contributed by atoms with Crippen LogP contribution in [-0.4, -0.2) is 22.2 Å². The van der Waals surface area contributed by atoms with Crippen LogP contribution in [0, 0.1) is 5.92 Å². The molecule has 1 aromatic carbocycles. The summed E-state index contributed by atoms with van der Waals surface area (Å²) in [7, 11) is 0. The molecule has 1 aliphatic rings. The highest BCUT2D eigenvalue weighted by molar-refractivity contribution is 6.05. The van der Waals surface area contributed by atoms with Gasteiger partial charge >= 0.3 is 11.9 Å². The number of rotatable bonds is 4. The maximum Gasteiger partial charge on any atom is 0.325 e. The van der Waals surface area contributed by atoms with Crippen molar-refractivity contribution in [1.29, 1.82) is 0 Å². The van der Waals surface area contributed by atoms with E-state index in [1.165, 1.54) is 0 Å². The first kappa shape index (κ1) is 13.6. The van der Waals surface area contributed by atoms with Gasteiger partial charge in [-0.05, 0) is 24.3 Å². The van der Waals surface area contributed by atoms with Gasteiger partial charge in [0.25, 0.3) is 0 Å². The first-order chi connectivity index (χ1) is 9.10. The monoisotopic (exact) mass is 262 g/mol. The smallest absolute Gasteiger partial charge is 0.325 e. The summed E-state index contributed by atoms with van der Waals surface area (Å²) in [6.45, 7) is 0. The van der Waals surface area contributed by atoms with Gasteiger partial charge < -0.3 is 10.2 Å². The van der Waals surface area contributed by atoms with Crippen LogP contribution in [0.2, 0.25) is 0 Å². The van der Waals surface area contributed by atoms with Crippen molar-refractivity contribution in [2.24, 2.45) is 5.92 Å². The first-order valence-electron chi connectivity index (χ1n) is 6.62. The molecule has 4 nitrogen and oxygen atoms in total. The van der Waals surface area contributed by atoms with E-state index in [-0.39, 0.29) is 5.92 Å². The summed E-state index contributed by atoms with van der Waals surface area (Å²) in [4.78, 5) is 23.6. The van der Waals surface area contributed by atoms with E-state index in [2.05, 4.69) is 0 Å². The van der Waals surface area contributed by atoms with E-state index in [1.54, 1.807) is 30.3 Å². The Morgan fingerprint density at radius 1 is 0.947 bits per heavy atom. The van der Waals surface area contributed by atoms with Gasteiger partial charge in [-0.2, -0.15) is 0 Å². The van der Waals surface area contributed by atoms with Crippen molar-refractivity contribution in [1.82, 2.24) is 0 Å². The number of benzene rings is 1. The van der Waals surface area contributed by atoms with Crippen molar-refractivity contribution in [3.05, 3.63) is 35.9 Å². The third-order valence-electron chi connectivity index (χ3n) is 4.12. The van der Waals surface area contributed by atoms with Gasteiger partial charge in [-0.15, -0.1) is 0 Å². The minimum Gasteiger partial charge on any atom is -0.480 e. The van der Waals surface area contributed by atoms with Gasteiger partial charge in [0.2, 0.25) is 0 Å². The van der Waals surface area contributed by atoms with Crippen molar-refractivity contribution in [2.45, 2.75) is 37.5 Å². The average Bonchev–Trinajstić information content (AvgIpc) is 2.41. The van der Waals surface area contributed by atoms with Crippen LogP contribution < -0.4 is 0 Å². The largest absolute Gasteiger partial charge is 0.480 e. The number of carbonyl (C=O) groups is 2. The van der Waals surface area contributed by atoms with Gasteiger partial charge in [0.1, 0.15) is 0 Å². The minimum atomic E-state index is -1.80. The van der Waals surface area contributed by atoms with E-state index in [1.807, 2.05) is 0 Å². The fourth-order valence-electron chi connectivity index (χ4n) is 3.16. The summed E-state index contributed by atoms with van der Waals surface area (Å²) in [5, 5.41) is 19.2. The lowest BCUT2D eigenvalue weighted by Gasteiger charge is -2.36. The van der Waals surface area contributed by atoms with Crippen LogP contribution in [-0.2, 0) is 15.0 Å². The van der Waals surface area contributed by atoms with Crippen molar-refractivity contribution in [2.75, 3.05) is 0 Å². The summed E-state index contributed by atoms with van der Waals surface area (Å²) < 4.78 is 0. The van der Waals surface area contributed by atoms with E-state index in [0.29, 0.717) is 18.4 Å². The van der Waals surface area contributed by atoms with Crippen molar-refractivity contribution in [3.63, 3.8) is 0 Å². The summed E-state index contributed by atoms with van der Waals surface area (Å²) >= 11 is 0. The fourth-order valence-corrected chi connectivity index (χ4v) is 3.16. The number of hydrogen-bond donors (Lipinski definition) is 2. The van der Waals surface area contributed by atoms with Crippen LogP contribution >= 0.6 is 0 Å². The van der Waals surface area contributed by atoms with Gasteiger partial charge in [-0.1, -0.05) is 49.6 Å². The van der Waals surface area contributed by atoms with Gasteiger partial charge in [0.05, 0.1) is 0 Å². The van der Waals surface area contributed by atoms with Gasteiger partial charge in [0, 0.05) is 0 Å². The van der Waals surface area contributed by atoms with Crippen molar-refractivity contribution >= 4 is 11.9 Å². The lowest BCUT2D eigenvalue weighted by Crippen LogP contribution is -2.50. The second-order valence-corrected chi connectivity index (χ2v) is 5.12. The van der Waals surface area contributed by atoms with Gasteiger partial charge in [-0.3, -0.25) is 9.59 Å². The molecule has 0 amide bonds. The Morgan fingerprint density at radius 2 is 1.47 bits per heavy atom. The molecule has 0 radical (unpaired) electrons. The van der Waals surface area contributed by atoms with E-state index >= 15 is 0 Å². The van der Waals surface area contributed by atoms with Crippen LogP contribution in [0.15, 0.2) is 30.3 Å². The summed E-state index contributed by atoms with van der Waals surface area (Å²) in [6.07, 6.45) is 4.18. The molecular weight excluding hydrogens is 244 g/mol. The Bertz CT molecular complexity index is 446. The Balaban J connectivity index is 2.53. The number of aliphatic carboxylic acids is 2. The molecule has 0 spiro atoms. The Morgan fingerprint density at radius 3 is 1.95 bits per heavy atom. The zero-order valence-electron chi connectivity index (χ0n) is 10.7. The predicted molar refractivity (Wildman–Crippen MR) is 70.0 cm³/mol. The van der Waals surface area contributed by atoms with Crippen LogP contribution in [0.1, 0.15) is 37.7 Å². The number of hydrogen-bond acceptors (Lipinski definition) is 2. The molecule has 0 saturated heterocycles. The van der Waals surface area contributed by atoms with Gasteiger partial charge in [0.15, 0.2) is 5.41 Å². The normalized spacial score (nSPS) is 17.1. The molecule has 2 rings (SSSR count).